The summed E-state index contributed by atoms with van der Waals surface area (Å²) in [6.45, 7) is 0. The molecule has 0 saturated carbocycles. The summed E-state index contributed by atoms with van der Waals surface area (Å²) >= 11 is 0. The van der Waals surface area contributed by atoms with Gasteiger partial charge in [-0.25, -0.2) is 0 Å². The van der Waals surface area contributed by atoms with Gasteiger partial charge in [-0.05, 0) is 112 Å². The molecule has 3 nitrogen and oxygen atoms in total. The van der Waals surface area contributed by atoms with Gasteiger partial charge in [0.15, 0.2) is 0 Å². The number of para-hydroxylation sites is 2. The Morgan fingerprint density at radius 2 is 0.860 bits per heavy atom. The van der Waals surface area contributed by atoms with Gasteiger partial charge in [-0.1, -0.05) is 140 Å². The number of fused-ring (bicyclic) bond motifs is 7. The summed E-state index contributed by atoms with van der Waals surface area (Å²) in [6.07, 6.45) is 0. The minimum Gasteiger partial charge on any atom is -0.455 e. The molecule has 0 spiro atoms. The zero-order valence-electron chi connectivity index (χ0n) is 31.1. The topological polar surface area (TPSA) is 21.3 Å². The highest BCUT2D eigenvalue weighted by atomic mass is 16.3. The molecule has 0 N–H and O–H groups in total. The van der Waals surface area contributed by atoms with Crippen LogP contribution in [0.3, 0.4) is 0 Å². The van der Waals surface area contributed by atoms with Crippen LogP contribution in [-0.4, -0.2) is 4.57 Å². The lowest BCUT2D eigenvalue weighted by Gasteiger charge is -2.26. The summed E-state index contributed by atoms with van der Waals surface area (Å²) in [4.78, 5) is 2.34. The third kappa shape index (κ3) is 5.68. The van der Waals surface area contributed by atoms with Gasteiger partial charge in [0.2, 0.25) is 0 Å². The predicted molar refractivity (Wildman–Crippen MR) is 239 cm³/mol. The third-order valence-corrected chi connectivity index (χ3v) is 11.2. The van der Waals surface area contributed by atoms with E-state index in [4.69, 9.17) is 4.42 Å². The highest BCUT2D eigenvalue weighted by Gasteiger charge is 2.19. The SMILES string of the molecule is c1ccc(-c2ccc(N(c3ccc(-c4ccccc4)cc3)c3cccc(-c4ccc5c(c4)oc4c5ccc5c4c4ccccc4n5-c4ccccc4)c3)cc2)cc1. The van der Waals surface area contributed by atoms with Gasteiger partial charge < -0.3 is 13.9 Å². The monoisotopic (exact) mass is 728 g/mol. The first-order valence-electron chi connectivity index (χ1n) is 19.4. The Labute approximate surface area is 330 Å². The van der Waals surface area contributed by atoms with Crippen molar-refractivity contribution in [2.45, 2.75) is 0 Å². The van der Waals surface area contributed by atoms with Gasteiger partial charge in [0.1, 0.15) is 11.2 Å². The smallest absolute Gasteiger partial charge is 0.145 e. The van der Waals surface area contributed by atoms with E-state index in [9.17, 15) is 0 Å². The second-order valence-electron chi connectivity index (χ2n) is 14.5. The fourth-order valence-corrected chi connectivity index (χ4v) is 8.46. The Balaban J connectivity index is 1.02. The van der Waals surface area contributed by atoms with Gasteiger partial charge >= 0.3 is 0 Å². The Kier molecular flexibility index (Phi) is 7.82. The number of nitrogens with zero attached hydrogens (tertiary/aromatic N) is 2. The van der Waals surface area contributed by atoms with Crippen LogP contribution in [0.4, 0.5) is 17.1 Å². The maximum atomic E-state index is 6.87. The van der Waals surface area contributed by atoms with E-state index in [0.29, 0.717) is 0 Å². The molecule has 0 fully saturated rings. The first-order chi connectivity index (χ1) is 28.3. The van der Waals surface area contributed by atoms with E-state index in [1.807, 2.05) is 0 Å². The van der Waals surface area contributed by atoms with Gasteiger partial charge in [-0.3, -0.25) is 0 Å². The zero-order chi connectivity index (χ0) is 37.7. The summed E-state index contributed by atoms with van der Waals surface area (Å²) in [6, 6.07) is 77.9. The molecule has 3 heteroatoms. The minimum absolute atomic E-state index is 0.877. The molecule has 0 aliphatic rings. The molecule has 0 radical (unpaired) electrons. The molecule has 0 aliphatic carbocycles. The maximum absolute atomic E-state index is 6.87. The summed E-state index contributed by atoms with van der Waals surface area (Å²) in [5, 5.41) is 4.56. The van der Waals surface area contributed by atoms with Gasteiger partial charge in [-0.2, -0.15) is 0 Å². The zero-order valence-corrected chi connectivity index (χ0v) is 31.1. The number of hydrogen-bond acceptors (Lipinski definition) is 2. The number of hydrogen-bond donors (Lipinski definition) is 0. The average molecular weight is 729 g/mol. The van der Waals surface area contributed by atoms with Gasteiger partial charge in [0.05, 0.1) is 16.4 Å². The Hall–Kier alpha value is -7.62. The van der Waals surface area contributed by atoms with E-state index in [0.717, 1.165) is 72.2 Å². The van der Waals surface area contributed by atoms with Crippen molar-refractivity contribution >= 4 is 60.8 Å². The predicted octanol–water partition coefficient (Wildman–Crippen LogP) is 15.2. The highest BCUT2D eigenvalue weighted by molar-refractivity contribution is 6.24. The van der Waals surface area contributed by atoms with E-state index in [-0.39, 0.29) is 0 Å². The van der Waals surface area contributed by atoms with E-state index in [1.165, 1.54) is 27.6 Å². The second kappa shape index (κ2) is 13.6. The normalized spacial score (nSPS) is 11.5. The Morgan fingerprint density at radius 1 is 0.333 bits per heavy atom. The number of anilines is 3. The third-order valence-electron chi connectivity index (χ3n) is 11.2. The van der Waals surface area contributed by atoms with Crippen LogP contribution in [0.1, 0.15) is 0 Å². The molecular weight excluding hydrogens is 693 g/mol. The van der Waals surface area contributed by atoms with E-state index in [2.05, 4.69) is 228 Å². The Bertz CT molecular complexity index is 3120. The van der Waals surface area contributed by atoms with E-state index >= 15 is 0 Å². The second-order valence-corrected chi connectivity index (χ2v) is 14.5. The lowest BCUT2D eigenvalue weighted by atomic mass is 10.0. The van der Waals surface area contributed by atoms with Crippen molar-refractivity contribution in [2.24, 2.45) is 0 Å². The Morgan fingerprint density at radius 3 is 1.53 bits per heavy atom. The molecule has 0 bridgehead atoms. The van der Waals surface area contributed by atoms with Crippen molar-refractivity contribution in [2.75, 3.05) is 4.90 Å². The van der Waals surface area contributed by atoms with Crippen LogP contribution in [0.2, 0.25) is 0 Å². The van der Waals surface area contributed by atoms with Crippen molar-refractivity contribution in [1.29, 1.82) is 0 Å². The summed E-state index contributed by atoms with van der Waals surface area (Å²) in [5.74, 6) is 0. The average Bonchev–Trinajstić information content (AvgIpc) is 3.83. The minimum atomic E-state index is 0.877. The summed E-state index contributed by atoms with van der Waals surface area (Å²) < 4.78 is 9.21. The van der Waals surface area contributed by atoms with E-state index < -0.39 is 0 Å². The molecule has 11 rings (SSSR count). The van der Waals surface area contributed by atoms with Gasteiger partial charge in [-0.15, -0.1) is 0 Å². The van der Waals surface area contributed by atoms with Crippen molar-refractivity contribution < 1.29 is 4.42 Å². The fourth-order valence-electron chi connectivity index (χ4n) is 8.46. The molecule has 9 aromatic carbocycles. The number of benzene rings is 9. The van der Waals surface area contributed by atoms with Gasteiger partial charge in [0.25, 0.3) is 0 Å². The van der Waals surface area contributed by atoms with Crippen LogP contribution < -0.4 is 4.90 Å². The maximum Gasteiger partial charge on any atom is 0.145 e. The lowest BCUT2D eigenvalue weighted by Crippen LogP contribution is -2.10. The molecule has 0 amide bonds. The summed E-state index contributed by atoms with van der Waals surface area (Å²) in [7, 11) is 0. The standard InChI is InChI=1S/C54H36N2O/c1-4-13-37(14-5-1)39-23-28-44(29-24-39)55(45-30-25-40(26-31-45)38-15-6-2-7-16-38)46-20-12-17-41(35-46)42-27-32-47-48-33-34-51-53(54(48)57-52(47)36-42)49-21-10-11-22-50(49)56(51)43-18-8-3-9-19-43/h1-36H. The van der Waals surface area contributed by atoms with Crippen LogP contribution in [0, 0.1) is 0 Å². The van der Waals surface area contributed by atoms with Crippen LogP contribution >= 0.6 is 0 Å². The quantitative estimate of drug-likeness (QED) is 0.163. The van der Waals surface area contributed by atoms with Gasteiger partial charge in [0, 0.05) is 38.9 Å². The molecule has 11 aromatic rings. The van der Waals surface area contributed by atoms with Crippen molar-refractivity contribution in [1.82, 2.24) is 4.57 Å². The first-order valence-corrected chi connectivity index (χ1v) is 19.4. The number of furan rings is 1. The largest absolute Gasteiger partial charge is 0.455 e. The first kappa shape index (κ1) is 32.8. The molecule has 57 heavy (non-hydrogen) atoms. The summed E-state index contributed by atoms with van der Waals surface area (Å²) in [5.41, 5.74) is 15.5. The molecule has 0 atom stereocenters. The number of aromatic nitrogens is 1. The molecule has 268 valence electrons. The van der Waals surface area contributed by atoms with E-state index in [1.54, 1.807) is 0 Å². The van der Waals surface area contributed by atoms with Crippen LogP contribution in [0.5, 0.6) is 0 Å². The highest BCUT2D eigenvalue weighted by Crippen LogP contribution is 2.43. The van der Waals surface area contributed by atoms with Crippen LogP contribution in [0.15, 0.2) is 223 Å². The lowest BCUT2D eigenvalue weighted by molar-refractivity contribution is 0.673. The van der Waals surface area contributed by atoms with Crippen LogP contribution in [0.25, 0.3) is 82.8 Å². The molecule has 0 aliphatic heterocycles. The van der Waals surface area contributed by atoms with Crippen molar-refractivity contribution in [3.63, 3.8) is 0 Å². The molecule has 0 saturated heterocycles. The molecule has 0 unspecified atom stereocenters. The van der Waals surface area contributed by atoms with Crippen molar-refractivity contribution in [3.05, 3.63) is 218 Å². The number of rotatable bonds is 7. The molecular formula is C54H36N2O. The fraction of sp³-hybridized carbons (Fsp3) is 0. The molecule has 2 heterocycles. The van der Waals surface area contributed by atoms with Crippen molar-refractivity contribution in [3.8, 4) is 39.1 Å². The van der Waals surface area contributed by atoms with Crippen LogP contribution in [-0.2, 0) is 0 Å². The molecule has 2 aromatic heterocycles.